The Morgan fingerprint density at radius 2 is 0.740 bits per heavy atom. The molecule has 0 amide bonds. The van der Waals surface area contributed by atoms with E-state index in [4.69, 9.17) is 18.9 Å². The standard InChI is InChI=1S/C44H36N2O4/c1-5-13-37-33(9-1)27-34-10-2-6-14-38(34)43(37)49-23-21-47-29-31-17-19-45-41(25-31)42-26-32(18-20-46-42)30-48-22-24-50-44-39-15-7-3-11-35(39)28-36-12-4-8-16-40(36)44/h1-20,25-28H,21-24,29-30H2. The lowest BCUT2D eigenvalue weighted by Gasteiger charge is -2.14. The van der Waals surface area contributed by atoms with Crippen molar-refractivity contribution in [1.82, 2.24) is 9.97 Å². The summed E-state index contributed by atoms with van der Waals surface area (Å²) < 4.78 is 24.7. The number of ether oxygens (including phenoxy) is 4. The number of pyridine rings is 2. The van der Waals surface area contributed by atoms with Crippen molar-refractivity contribution in [1.29, 1.82) is 0 Å². The molecule has 0 N–H and O–H groups in total. The summed E-state index contributed by atoms with van der Waals surface area (Å²) in [5, 5.41) is 9.07. The first-order chi connectivity index (χ1) is 24.8. The summed E-state index contributed by atoms with van der Waals surface area (Å²) in [7, 11) is 0. The maximum Gasteiger partial charge on any atom is 0.135 e. The highest BCUT2D eigenvalue weighted by Crippen LogP contribution is 2.36. The van der Waals surface area contributed by atoms with Crippen LogP contribution in [0.4, 0.5) is 0 Å². The minimum atomic E-state index is 0.448. The number of benzene rings is 6. The second-order valence-corrected chi connectivity index (χ2v) is 12.2. The molecule has 0 saturated heterocycles. The van der Waals surface area contributed by atoms with Gasteiger partial charge in [-0.2, -0.15) is 0 Å². The zero-order valence-electron chi connectivity index (χ0n) is 27.6. The highest BCUT2D eigenvalue weighted by Gasteiger charge is 2.11. The molecule has 2 aromatic heterocycles. The maximum atomic E-state index is 6.31. The summed E-state index contributed by atoms with van der Waals surface area (Å²) >= 11 is 0. The predicted octanol–water partition coefficient (Wildman–Crippen LogP) is 9.95. The van der Waals surface area contributed by atoms with E-state index in [1.54, 1.807) is 12.4 Å². The Balaban J connectivity index is 0.846. The van der Waals surface area contributed by atoms with Crippen LogP contribution in [0, 0.1) is 0 Å². The van der Waals surface area contributed by atoms with Crippen molar-refractivity contribution >= 4 is 43.1 Å². The third-order valence-electron chi connectivity index (χ3n) is 8.84. The summed E-state index contributed by atoms with van der Waals surface area (Å²) in [6, 6.07) is 45.7. The van der Waals surface area contributed by atoms with E-state index in [9.17, 15) is 0 Å². The second kappa shape index (κ2) is 14.7. The molecule has 50 heavy (non-hydrogen) atoms. The Bertz CT molecular complexity index is 2150. The largest absolute Gasteiger partial charge is 0.490 e. The van der Waals surface area contributed by atoms with Crippen LogP contribution < -0.4 is 9.47 Å². The summed E-state index contributed by atoms with van der Waals surface area (Å²) in [5.41, 5.74) is 3.62. The first kappa shape index (κ1) is 31.4. The number of aromatic nitrogens is 2. The van der Waals surface area contributed by atoms with Crippen molar-refractivity contribution in [2.75, 3.05) is 26.4 Å². The van der Waals surface area contributed by atoms with Gasteiger partial charge in [0.05, 0.1) is 37.8 Å². The lowest BCUT2D eigenvalue weighted by molar-refractivity contribution is 0.0897. The van der Waals surface area contributed by atoms with Gasteiger partial charge in [-0.1, -0.05) is 97.1 Å². The first-order valence-corrected chi connectivity index (χ1v) is 16.9. The number of fused-ring (bicyclic) bond motifs is 4. The lowest BCUT2D eigenvalue weighted by Crippen LogP contribution is -2.08. The number of nitrogens with zero attached hydrogens (tertiary/aromatic N) is 2. The molecule has 0 unspecified atom stereocenters. The van der Waals surface area contributed by atoms with Gasteiger partial charge in [-0.15, -0.1) is 0 Å². The molecule has 8 aromatic rings. The fourth-order valence-electron chi connectivity index (χ4n) is 6.45. The Hall–Kier alpha value is -5.82. The van der Waals surface area contributed by atoms with Crippen molar-refractivity contribution in [2.24, 2.45) is 0 Å². The SMILES string of the molecule is c1ccc2c(OCCOCc3ccnc(-c4cc(COCCOc5c6ccccc6cc6ccccc56)ccn4)c3)c3ccccc3cc2c1. The van der Waals surface area contributed by atoms with Gasteiger partial charge in [0.15, 0.2) is 0 Å². The van der Waals surface area contributed by atoms with Gasteiger partial charge in [-0.3, -0.25) is 9.97 Å². The minimum Gasteiger partial charge on any atom is -0.490 e. The highest BCUT2D eigenvalue weighted by molar-refractivity contribution is 6.06. The normalized spacial score (nSPS) is 11.4. The number of rotatable bonds is 13. The molecule has 6 nitrogen and oxygen atoms in total. The van der Waals surface area contributed by atoms with Crippen LogP contribution in [0.25, 0.3) is 54.5 Å². The molecule has 0 radical (unpaired) electrons. The third-order valence-corrected chi connectivity index (χ3v) is 8.84. The molecule has 246 valence electrons. The number of hydrogen-bond acceptors (Lipinski definition) is 6. The predicted molar refractivity (Wildman–Crippen MR) is 201 cm³/mol. The van der Waals surface area contributed by atoms with E-state index in [0.717, 1.165) is 77.1 Å². The zero-order chi connectivity index (χ0) is 33.5. The average molecular weight is 657 g/mol. The molecule has 2 heterocycles. The van der Waals surface area contributed by atoms with Crippen LogP contribution in [0.5, 0.6) is 11.5 Å². The third kappa shape index (κ3) is 6.85. The molecule has 8 rings (SSSR count). The molecule has 0 atom stereocenters. The van der Waals surface area contributed by atoms with Crippen LogP contribution in [0.1, 0.15) is 11.1 Å². The Kier molecular flexibility index (Phi) is 9.27. The molecule has 0 spiro atoms. The van der Waals surface area contributed by atoms with E-state index < -0.39 is 0 Å². The van der Waals surface area contributed by atoms with E-state index in [1.807, 2.05) is 48.5 Å². The topological polar surface area (TPSA) is 62.7 Å². The molecular weight excluding hydrogens is 620 g/mol. The van der Waals surface area contributed by atoms with Crippen LogP contribution in [-0.2, 0) is 22.7 Å². The highest BCUT2D eigenvalue weighted by atomic mass is 16.5. The molecule has 6 aromatic carbocycles. The fourth-order valence-corrected chi connectivity index (χ4v) is 6.45. The summed E-state index contributed by atoms with van der Waals surface area (Å²) in [5.74, 6) is 1.80. The average Bonchev–Trinajstić information content (AvgIpc) is 3.17. The van der Waals surface area contributed by atoms with Gasteiger partial charge in [-0.25, -0.2) is 0 Å². The van der Waals surface area contributed by atoms with Crippen molar-refractivity contribution in [3.8, 4) is 22.9 Å². The smallest absolute Gasteiger partial charge is 0.135 e. The van der Waals surface area contributed by atoms with Gasteiger partial charge in [0, 0.05) is 33.9 Å². The van der Waals surface area contributed by atoms with Gasteiger partial charge < -0.3 is 18.9 Å². The van der Waals surface area contributed by atoms with Crippen LogP contribution in [0.15, 0.2) is 146 Å². The molecule has 0 aliphatic carbocycles. The van der Waals surface area contributed by atoms with E-state index in [1.165, 1.54) is 0 Å². The van der Waals surface area contributed by atoms with E-state index in [2.05, 4.69) is 94.9 Å². The molecule has 0 fully saturated rings. The molecule has 0 saturated carbocycles. The summed E-state index contributed by atoms with van der Waals surface area (Å²) in [6.45, 7) is 2.71. The van der Waals surface area contributed by atoms with Gasteiger partial charge in [0.25, 0.3) is 0 Å². The fraction of sp³-hybridized carbons (Fsp3) is 0.136. The van der Waals surface area contributed by atoms with Gasteiger partial charge in [0.1, 0.15) is 24.7 Å². The van der Waals surface area contributed by atoms with Crippen LogP contribution in [0.3, 0.4) is 0 Å². The van der Waals surface area contributed by atoms with E-state index >= 15 is 0 Å². The molecule has 6 heteroatoms. The van der Waals surface area contributed by atoms with Gasteiger partial charge >= 0.3 is 0 Å². The quantitative estimate of drug-likeness (QED) is 0.0910. The minimum absolute atomic E-state index is 0.448. The van der Waals surface area contributed by atoms with Crippen LogP contribution >= 0.6 is 0 Å². The maximum absolute atomic E-state index is 6.31. The Labute approximate surface area is 290 Å². The molecular formula is C44H36N2O4. The summed E-state index contributed by atoms with van der Waals surface area (Å²) in [6.07, 6.45) is 3.60. The van der Waals surface area contributed by atoms with Crippen molar-refractivity contribution in [2.45, 2.75) is 13.2 Å². The Morgan fingerprint density at radius 1 is 0.380 bits per heavy atom. The zero-order valence-corrected chi connectivity index (χ0v) is 27.6. The molecule has 0 aliphatic rings. The second-order valence-electron chi connectivity index (χ2n) is 12.2. The van der Waals surface area contributed by atoms with Crippen LogP contribution in [0.2, 0.25) is 0 Å². The lowest BCUT2D eigenvalue weighted by atomic mass is 10.0. The van der Waals surface area contributed by atoms with Crippen molar-refractivity contribution in [3.63, 3.8) is 0 Å². The van der Waals surface area contributed by atoms with Crippen molar-refractivity contribution < 1.29 is 18.9 Å². The molecule has 0 aliphatic heterocycles. The Morgan fingerprint density at radius 3 is 1.12 bits per heavy atom. The van der Waals surface area contributed by atoms with Gasteiger partial charge in [-0.05, 0) is 69.1 Å². The van der Waals surface area contributed by atoms with E-state index in [0.29, 0.717) is 39.6 Å². The number of hydrogen-bond donors (Lipinski definition) is 0. The van der Waals surface area contributed by atoms with Gasteiger partial charge in [0.2, 0.25) is 0 Å². The summed E-state index contributed by atoms with van der Waals surface area (Å²) in [4.78, 5) is 9.16. The first-order valence-electron chi connectivity index (χ1n) is 16.9. The monoisotopic (exact) mass is 656 g/mol. The van der Waals surface area contributed by atoms with Crippen molar-refractivity contribution in [3.05, 3.63) is 157 Å². The van der Waals surface area contributed by atoms with E-state index in [-0.39, 0.29) is 0 Å². The van der Waals surface area contributed by atoms with Crippen LogP contribution in [-0.4, -0.2) is 36.4 Å². The molecule has 0 bridgehead atoms.